The first-order valence-corrected chi connectivity index (χ1v) is 8.16. The van der Waals surface area contributed by atoms with Gasteiger partial charge in [-0.2, -0.15) is 0 Å². The molecule has 2 heterocycles. The summed E-state index contributed by atoms with van der Waals surface area (Å²) < 4.78 is 16.1. The molecule has 3 aromatic rings. The smallest absolute Gasteiger partial charge is 0.231 e. The summed E-state index contributed by atoms with van der Waals surface area (Å²) in [4.78, 5) is 8.52. The van der Waals surface area contributed by atoms with E-state index >= 15 is 0 Å². The number of hydrogen-bond acceptors (Lipinski definition) is 7. The van der Waals surface area contributed by atoms with Gasteiger partial charge in [0.2, 0.25) is 6.79 Å². The van der Waals surface area contributed by atoms with Crippen molar-refractivity contribution in [2.45, 2.75) is 6.54 Å². The Kier molecular flexibility index (Phi) is 4.42. The molecule has 0 saturated heterocycles. The van der Waals surface area contributed by atoms with Crippen molar-refractivity contribution in [2.75, 3.05) is 24.5 Å². The predicted molar refractivity (Wildman–Crippen MR) is 98.2 cm³/mol. The van der Waals surface area contributed by atoms with Gasteiger partial charge in [0.05, 0.1) is 7.11 Å². The highest BCUT2D eigenvalue weighted by Gasteiger charge is 2.13. The molecular weight excluding hydrogens is 332 g/mol. The van der Waals surface area contributed by atoms with Crippen LogP contribution in [0.4, 0.5) is 17.3 Å². The lowest BCUT2D eigenvalue weighted by molar-refractivity contribution is 0.174. The molecule has 0 radical (unpaired) electrons. The fourth-order valence-electron chi connectivity index (χ4n) is 2.68. The third kappa shape index (κ3) is 3.46. The molecule has 2 N–H and O–H groups in total. The largest absolute Gasteiger partial charge is 0.496 e. The molecule has 1 aromatic heterocycles. The number of nitrogens with zero attached hydrogens (tertiary/aromatic N) is 2. The van der Waals surface area contributed by atoms with E-state index in [1.54, 1.807) is 7.11 Å². The maximum absolute atomic E-state index is 5.39. The van der Waals surface area contributed by atoms with E-state index in [4.69, 9.17) is 14.2 Å². The first-order chi connectivity index (χ1) is 12.8. The Balaban J connectivity index is 1.45. The van der Waals surface area contributed by atoms with Crippen LogP contribution in [0, 0.1) is 0 Å². The van der Waals surface area contributed by atoms with Crippen LogP contribution >= 0.6 is 0 Å². The molecule has 0 unspecified atom stereocenters. The van der Waals surface area contributed by atoms with E-state index in [2.05, 4.69) is 20.6 Å². The number of anilines is 3. The van der Waals surface area contributed by atoms with E-state index in [1.165, 1.54) is 6.33 Å². The summed E-state index contributed by atoms with van der Waals surface area (Å²) in [5, 5.41) is 6.53. The highest BCUT2D eigenvalue weighted by molar-refractivity contribution is 5.63. The van der Waals surface area contributed by atoms with E-state index in [1.807, 2.05) is 48.5 Å². The Morgan fingerprint density at radius 3 is 2.77 bits per heavy atom. The number of fused-ring (bicyclic) bond motifs is 1. The molecule has 0 aliphatic carbocycles. The molecule has 2 aromatic carbocycles. The Bertz CT molecular complexity index is 917. The van der Waals surface area contributed by atoms with Crippen molar-refractivity contribution in [1.29, 1.82) is 0 Å². The molecule has 0 atom stereocenters. The summed E-state index contributed by atoms with van der Waals surface area (Å²) in [5.41, 5.74) is 1.92. The summed E-state index contributed by atoms with van der Waals surface area (Å²) in [7, 11) is 1.66. The van der Waals surface area contributed by atoms with E-state index in [9.17, 15) is 0 Å². The second-order valence-electron chi connectivity index (χ2n) is 5.65. The first-order valence-electron chi connectivity index (χ1n) is 8.16. The van der Waals surface area contributed by atoms with Gasteiger partial charge in [-0.15, -0.1) is 0 Å². The molecule has 7 heteroatoms. The Morgan fingerprint density at radius 2 is 1.85 bits per heavy atom. The summed E-state index contributed by atoms with van der Waals surface area (Å²) in [6.45, 7) is 0.855. The molecule has 132 valence electrons. The predicted octanol–water partition coefficient (Wildman–Crippen LogP) is 3.57. The van der Waals surface area contributed by atoms with Crippen LogP contribution in [0.25, 0.3) is 0 Å². The Morgan fingerprint density at radius 1 is 1.00 bits per heavy atom. The molecule has 26 heavy (non-hydrogen) atoms. The van der Waals surface area contributed by atoms with Gasteiger partial charge in [0.25, 0.3) is 0 Å². The van der Waals surface area contributed by atoms with Gasteiger partial charge in [-0.1, -0.05) is 18.2 Å². The number of hydrogen-bond donors (Lipinski definition) is 2. The lowest BCUT2D eigenvalue weighted by Gasteiger charge is -2.11. The quantitative estimate of drug-likeness (QED) is 0.704. The molecule has 0 fully saturated rings. The van der Waals surface area contributed by atoms with Gasteiger partial charge in [0, 0.05) is 29.9 Å². The molecule has 0 amide bonds. The standard InChI is InChI=1S/C19H18N4O3/c1-24-15-5-3-2-4-13(15)10-20-18-9-19(22-11-21-18)23-14-6-7-16-17(8-14)26-12-25-16/h2-9,11H,10,12H2,1H3,(H2,20,21,22,23). The van der Waals surface area contributed by atoms with Crippen LogP contribution < -0.4 is 24.8 Å². The van der Waals surface area contributed by atoms with Crippen LogP contribution in [-0.2, 0) is 6.54 Å². The average Bonchev–Trinajstić information content (AvgIpc) is 3.15. The van der Waals surface area contributed by atoms with Crippen LogP contribution in [0.15, 0.2) is 54.9 Å². The van der Waals surface area contributed by atoms with Crippen molar-refractivity contribution in [3.8, 4) is 17.2 Å². The average molecular weight is 350 g/mol. The maximum Gasteiger partial charge on any atom is 0.231 e. The van der Waals surface area contributed by atoms with Crippen LogP contribution in [0.3, 0.4) is 0 Å². The van der Waals surface area contributed by atoms with E-state index in [0.29, 0.717) is 18.2 Å². The first kappa shape index (κ1) is 16.0. The van der Waals surface area contributed by atoms with Crippen molar-refractivity contribution in [3.05, 3.63) is 60.4 Å². The number of benzene rings is 2. The third-order valence-electron chi connectivity index (χ3n) is 3.96. The van der Waals surface area contributed by atoms with Crippen molar-refractivity contribution in [2.24, 2.45) is 0 Å². The highest BCUT2D eigenvalue weighted by Crippen LogP contribution is 2.35. The molecule has 0 saturated carbocycles. The topological polar surface area (TPSA) is 77.5 Å². The number of methoxy groups -OCH3 is 1. The van der Waals surface area contributed by atoms with Crippen molar-refractivity contribution >= 4 is 17.3 Å². The zero-order chi connectivity index (χ0) is 17.8. The Hall–Kier alpha value is -3.48. The molecule has 1 aliphatic rings. The molecule has 1 aliphatic heterocycles. The molecule has 0 bridgehead atoms. The number of nitrogens with one attached hydrogen (secondary N) is 2. The SMILES string of the molecule is COc1ccccc1CNc1cc(Nc2ccc3c(c2)OCO3)ncn1. The summed E-state index contributed by atoms with van der Waals surface area (Å²) in [6, 6.07) is 15.4. The second kappa shape index (κ2) is 7.18. The molecular formula is C19H18N4O3. The van der Waals surface area contributed by atoms with Gasteiger partial charge < -0.3 is 24.8 Å². The maximum atomic E-state index is 5.39. The van der Waals surface area contributed by atoms with Gasteiger partial charge in [0.15, 0.2) is 11.5 Å². The normalized spacial score (nSPS) is 11.9. The summed E-state index contributed by atoms with van der Waals surface area (Å²) in [6.07, 6.45) is 1.51. The minimum Gasteiger partial charge on any atom is -0.496 e. The third-order valence-corrected chi connectivity index (χ3v) is 3.96. The fraction of sp³-hybridized carbons (Fsp3) is 0.158. The summed E-state index contributed by atoms with van der Waals surface area (Å²) >= 11 is 0. The van der Waals surface area contributed by atoms with Gasteiger partial charge >= 0.3 is 0 Å². The van der Waals surface area contributed by atoms with Gasteiger partial charge in [-0.3, -0.25) is 0 Å². The lowest BCUT2D eigenvalue weighted by atomic mass is 10.2. The summed E-state index contributed by atoms with van der Waals surface area (Å²) in [5.74, 6) is 3.71. The van der Waals surface area contributed by atoms with Crippen LogP contribution in [-0.4, -0.2) is 23.9 Å². The molecule has 4 rings (SSSR count). The van der Waals surface area contributed by atoms with Crippen LogP contribution in [0.1, 0.15) is 5.56 Å². The van der Waals surface area contributed by atoms with E-state index in [0.717, 1.165) is 28.5 Å². The van der Waals surface area contributed by atoms with E-state index < -0.39 is 0 Å². The zero-order valence-corrected chi connectivity index (χ0v) is 14.2. The second-order valence-corrected chi connectivity index (χ2v) is 5.65. The van der Waals surface area contributed by atoms with Crippen LogP contribution in [0.2, 0.25) is 0 Å². The van der Waals surface area contributed by atoms with Gasteiger partial charge in [-0.05, 0) is 18.2 Å². The Labute approximate surface area is 151 Å². The lowest BCUT2D eigenvalue weighted by Crippen LogP contribution is -2.04. The van der Waals surface area contributed by atoms with Crippen molar-refractivity contribution < 1.29 is 14.2 Å². The van der Waals surface area contributed by atoms with Crippen molar-refractivity contribution in [3.63, 3.8) is 0 Å². The van der Waals surface area contributed by atoms with Crippen LogP contribution in [0.5, 0.6) is 17.2 Å². The fourth-order valence-corrected chi connectivity index (χ4v) is 2.68. The highest BCUT2D eigenvalue weighted by atomic mass is 16.7. The monoisotopic (exact) mass is 350 g/mol. The minimum absolute atomic E-state index is 0.253. The van der Waals surface area contributed by atoms with E-state index in [-0.39, 0.29) is 6.79 Å². The molecule has 7 nitrogen and oxygen atoms in total. The number of para-hydroxylation sites is 1. The number of rotatable bonds is 6. The van der Waals surface area contributed by atoms with Gasteiger partial charge in [0.1, 0.15) is 23.7 Å². The number of ether oxygens (including phenoxy) is 3. The van der Waals surface area contributed by atoms with Gasteiger partial charge in [-0.25, -0.2) is 9.97 Å². The zero-order valence-electron chi connectivity index (χ0n) is 14.2. The van der Waals surface area contributed by atoms with Crippen molar-refractivity contribution in [1.82, 2.24) is 9.97 Å². The molecule has 0 spiro atoms. The number of aromatic nitrogens is 2. The minimum atomic E-state index is 0.253.